The molecule has 0 aliphatic rings. The first-order valence-electron chi connectivity index (χ1n) is 8.69. The molecule has 0 fully saturated rings. The van der Waals surface area contributed by atoms with E-state index in [1.165, 1.54) is 30.3 Å². The van der Waals surface area contributed by atoms with E-state index < -0.39 is 17.7 Å². The van der Waals surface area contributed by atoms with Gasteiger partial charge in [-0.05, 0) is 25.7 Å². The molecule has 1 aromatic rings. The first-order chi connectivity index (χ1) is 12.7. The largest absolute Gasteiger partial charge is 0.466 e. The number of methoxy groups -OCH3 is 1. The van der Waals surface area contributed by atoms with Crippen molar-refractivity contribution in [3.63, 3.8) is 0 Å². The molecule has 0 bridgehead atoms. The Morgan fingerprint density at radius 1 is 1.11 bits per heavy atom. The summed E-state index contributed by atoms with van der Waals surface area (Å²) in [6.45, 7) is 3.51. The van der Waals surface area contributed by atoms with Gasteiger partial charge in [-0.3, -0.25) is 4.79 Å². The molecule has 152 valence electrons. The molecule has 0 heterocycles. The van der Waals surface area contributed by atoms with Crippen LogP contribution in [0.2, 0.25) is 0 Å². The van der Waals surface area contributed by atoms with Crippen LogP contribution in [0.3, 0.4) is 0 Å². The number of rotatable bonds is 10. The Morgan fingerprint density at radius 2 is 1.74 bits per heavy atom. The van der Waals surface area contributed by atoms with E-state index >= 15 is 0 Å². The van der Waals surface area contributed by atoms with E-state index in [2.05, 4.69) is 4.74 Å². The molecule has 27 heavy (non-hydrogen) atoms. The molecule has 0 radical (unpaired) electrons. The summed E-state index contributed by atoms with van der Waals surface area (Å²) < 4.78 is 55.6. The Morgan fingerprint density at radius 3 is 2.26 bits per heavy atom. The number of carbonyl (C=O) groups excluding carboxylic acids is 2. The molecular formula is C19H25F3O5. The molecule has 1 aromatic carbocycles. The maximum absolute atomic E-state index is 13.7. The molecule has 0 N–H and O–H groups in total. The second-order valence-electron chi connectivity index (χ2n) is 6.15. The van der Waals surface area contributed by atoms with Crippen LogP contribution in [0.15, 0.2) is 30.3 Å². The van der Waals surface area contributed by atoms with Gasteiger partial charge in [0.15, 0.2) is 0 Å². The Bertz CT molecular complexity index is 603. The highest BCUT2D eigenvalue weighted by molar-refractivity contribution is 5.82. The summed E-state index contributed by atoms with van der Waals surface area (Å²) in [5.41, 5.74) is -3.53. The van der Waals surface area contributed by atoms with Crippen LogP contribution < -0.4 is 0 Å². The molecule has 0 aromatic heterocycles. The van der Waals surface area contributed by atoms with Crippen LogP contribution in [0.25, 0.3) is 0 Å². The Kier molecular flexibility index (Phi) is 8.75. The third-order valence-corrected chi connectivity index (χ3v) is 4.06. The van der Waals surface area contributed by atoms with Gasteiger partial charge in [-0.1, -0.05) is 37.3 Å². The Balaban J connectivity index is 2.74. The summed E-state index contributed by atoms with van der Waals surface area (Å²) in [6.07, 6.45) is -3.79. The smallest absolute Gasteiger partial charge is 0.432 e. The minimum atomic E-state index is -4.99. The van der Waals surface area contributed by atoms with E-state index in [1.54, 1.807) is 13.8 Å². The molecule has 0 amide bonds. The number of carbonyl (C=O) groups is 2. The highest BCUT2D eigenvalue weighted by atomic mass is 19.4. The lowest BCUT2D eigenvalue weighted by atomic mass is 9.92. The number of hydrogen-bond donors (Lipinski definition) is 0. The average Bonchev–Trinajstić information content (AvgIpc) is 2.61. The van der Waals surface area contributed by atoms with Gasteiger partial charge in [-0.2, -0.15) is 13.2 Å². The lowest BCUT2D eigenvalue weighted by Crippen LogP contribution is -2.52. The standard InChI is InChI=1S/C19H25F3O5/c1-4-26-16(23)12-8-9-14(2)13-27-17(24)18(25-3,19(20,21)22)15-10-6-5-7-11-15/h5-7,10-11,14H,4,8-9,12-13H2,1-3H3/t14-,18+/m0/s1. The van der Waals surface area contributed by atoms with Crippen molar-refractivity contribution in [3.05, 3.63) is 35.9 Å². The molecule has 2 atom stereocenters. The second kappa shape index (κ2) is 10.3. The van der Waals surface area contributed by atoms with Gasteiger partial charge in [0.2, 0.25) is 0 Å². The van der Waals surface area contributed by atoms with Crippen LogP contribution in [-0.2, 0) is 29.4 Å². The number of hydrogen-bond acceptors (Lipinski definition) is 5. The highest BCUT2D eigenvalue weighted by Gasteiger charge is 2.64. The molecule has 0 unspecified atom stereocenters. The van der Waals surface area contributed by atoms with Crippen molar-refractivity contribution in [2.45, 2.75) is 44.9 Å². The number of benzene rings is 1. The Hall–Kier alpha value is -2.09. The first kappa shape index (κ1) is 23.0. The monoisotopic (exact) mass is 390 g/mol. The van der Waals surface area contributed by atoms with Crippen LogP contribution in [0.5, 0.6) is 0 Å². The minimum Gasteiger partial charge on any atom is -0.466 e. The second-order valence-corrected chi connectivity index (χ2v) is 6.15. The van der Waals surface area contributed by atoms with Crippen molar-refractivity contribution in [1.82, 2.24) is 0 Å². The third kappa shape index (κ3) is 5.95. The summed E-state index contributed by atoms with van der Waals surface area (Å²) in [5, 5.41) is 0. The van der Waals surface area contributed by atoms with Crippen LogP contribution in [0.1, 0.15) is 38.7 Å². The van der Waals surface area contributed by atoms with Gasteiger partial charge in [0.25, 0.3) is 5.60 Å². The van der Waals surface area contributed by atoms with E-state index in [-0.39, 0.29) is 30.5 Å². The van der Waals surface area contributed by atoms with Crippen molar-refractivity contribution in [2.24, 2.45) is 5.92 Å². The summed E-state index contributed by atoms with van der Waals surface area (Å²) in [6, 6.07) is 6.65. The van der Waals surface area contributed by atoms with E-state index in [1.807, 2.05) is 0 Å². The SMILES string of the molecule is CCOC(=O)CCC[C@H](C)COC(=O)[C@](OC)(c1ccccc1)C(F)(F)F. The molecule has 0 spiro atoms. The fourth-order valence-corrected chi connectivity index (χ4v) is 2.62. The van der Waals surface area contributed by atoms with Gasteiger partial charge in [0, 0.05) is 19.1 Å². The molecule has 0 aliphatic carbocycles. The fourth-order valence-electron chi connectivity index (χ4n) is 2.62. The normalized spacial score (nSPS) is 14.9. The van der Waals surface area contributed by atoms with Crippen molar-refractivity contribution >= 4 is 11.9 Å². The van der Waals surface area contributed by atoms with Gasteiger partial charge in [0.05, 0.1) is 13.2 Å². The average molecular weight is 390 g/mol. The lowest BCUT2D eigenvalue weighted by Gasteiger charge is -2.32. The zero-order valence-corrected chi connectivity index (χ0v) is 15.7. The first-order valence-corrected chi connectivity index (χ1v) is 8.69. The van der Waals surface area contributed by atoms with Crippen LogP contribution in [0.4, 0.5) is 13.2 Å². The van der Waals surface area contributed by atoms with Crippen LogP contribution >= 0.6 is 0 Å². The van der Waals surface area contributed by atoms with Gasteiger partial charge < -0.3 is 14.2 Å². The molecule has 8 heteroatoms. The van der Waals surface area contributed by atoms with Gasteiger partial charge >= 0.3 is 18.1 Å². The quantitative estimate of drug-likeness (QED) is 0.565. The predicted octanol–water partition coefficient (Wildman–Crippen LogP) is 4.00. The molecule has 0 saturated carbocycles. The fraction of sp³-hybridized carbons (Fsp3) is 0.579. The van der Waals surface area contributed by atoms with Gasteiger partial charge in [-0.15, -0.1) is 0 Å². The van der Waals surface area contributed by atoms with Crippen LogP contribution in [-0.4, -0.2) is 38.4 Å². The van der Waals surface area contributed by atoms with Crippen molar-refractivity contribution in [1.29, 1.82) is 0 Å². The van der Waals surface area contributed by atoms with Gasteiger partial charge in [-0.25, -0.2) is 4.79 Å². The number of halogens is 3. The zero-order chi connectivity index (χ0) is 20.5. The van der Waals surface area contributed by atoms with Crippen molar-refractivity contribution < 1.29 is 37.0 Å². The van der Waals surface area contributed by atoms with Crippen LogP contribution in [0, 0.1) is 5.92 Å². The van der Waals surface area contributed by atoms with E-state index in [0.717, 1.165) is 7.11 Å². The number of esters is 2. The number of alkyl halides is 3. The summed E-state index contributed by atoms with van der Waals surface area (Å²) in [7, 11) is 0.824. The topological polar surface area (TPSA) is 61.8 Å². The van der Waals surface area contributed by atoms with Crippen molar-refractivity contribution in [2.75, 3.05) is 20.3 Å². The maximum Gasteiger partial charge on any atom is 0.432 e. The summed E-state index contributed by atoms with van der Waals surface area (Å²) in [4.78, 5) is 23.7. The molecule has 0 aliphatic heterocycles. The maximum atomic E-state index is 13.7. The summed E-state index contributed by atoms with van der Waals surface area (Å²) >= 11 is 0. The molecule has 5 nitrogen and oxygen atoms in total. The number of ether oxygens (including phenoxy) is 3. The lowest BCUT2D eigenvalue weighted by molar-refractivity contribution is -0.276. The zero-order valence-electron chi connectivity index (χ0n) is 15.7. The predicted molar refractivity (Wildman–Crippen MR) is 91.8 cm³/mol. The van der Waals surface area contributed by atoms with E-state index in [9.17, 15) is 22.8 Å². The van der Waals surface area contributed by atoms with E-state index in [0.29, 0.717) is 19.4 Å². The van der Waals surface area contributed by atoms with E-state index in [4.69, 9.17) is 9.47 Å². The third-order valence-electron chi connectivity index (χ3n) is 4.06. The molecule has 0 saturated heterocycles. The van der Waals surface area contributed by atoms with Gasteiger partial charge in [0.1, 0.15) is 0 Å². The highest BCUT2D eigenvalue weighted by Crippen LogP contribution is 2.43. The summed E-state index contributed by atoms with van der Waals surface area (Å²) in [5.74, 6) is -2.07. The minimum absolute atomic E-state index is 0.209. The van der Waals surface area contributed by atoms with Crippen molar-refractivity contribution in [3.8, 4) is 0 Å². The molecular weight excluding hydrogens is 365 g/mol. The molecule has 1 rings (SSSR count). The Labute approximate surface area is 156 Å².